The van der Waals surface area contributed by atoms with E-state index in [1.54, 1.807) is 23.9 Å². The van der Waals surface area contributed by atoms with Gasteiger partial charge in [0.05, 0.1) is 5.52 Å². The van der Waals surface area contributed by atoms with Gasteiger partial charge in [-0.2, -0.15) is 0 Å². The fourth-order valence-electron chi connectivity index (χ4n) is 1.63. The average molecular weight is 216 g/mol. The van der Waals surface area contributed by atoms with Crippen LogP contribution in [0.1, 0.15) is 0 Å². The van der Waals surface area contributed by atoms with Crippen molar-refractivity contribution in [1.82, 2.24) is 9.88 Å². The third-order valence-electron chi connectivity index (χ3n) is 2.48. The minimum absolute atomic E-state index is 0.0243. The lowest BCUT2D eigenvalue weighted by Crippen LogP contribution is -2.24. The molecule has 1 amide bonds. The monoisotopic (exact) mass is 216 g/mol. The van der Waals surface area contributed by atoms with Crippen LogP contribution in [0.4, 0.5) is 0 Å². The molecule has 0 unspecified atom stereocenters. The predicted octanol–water partition coefficient (Wildman–Crippen LogP) is 0.747. The van der Waals surface area contributed by atoms with E-state index in [1.165, 1.54) is 6.07 Å². The minimum Gasteiger partial charge on any atom is -0.358 e. The number of hydrogen-bond acceptors (Lipinski definition) is 2. The van der Waals surface area contributed by atoms with Crippen molar-refractivity contribution in [3.8, 4) is 0 Å². The second kappa shape index (κ2) is 4.18. The second-order valence-corrected chi connectivity index (χ2v) is 3.50. The van der Waals surface area contributed by atoms with E-state index in [0.29, 0.717) is 5.39 Å². The van der Waals surface area contributed by atoms with E-state index < -0.39 is 0 Å². The first kappa shape index (κ1) is 10.4. The maximum atomic E-state index is 11.6. The maximum absolute atomic E-state index is 11.6. The Balaban J connectivity index is 2.59. The molecule has 0 aliphatic carbocycles. The highest BCUT2D eigenvalue weighted by molar-refractivity contribution is 5.81. The van der Waals surface area contributed by atoms with Crippen molar-refractivity contribution in [2.24, 2.45) is 0 Å². The molecule has 0 spiro atoms. The number of nitrogens with one attached hydrogen (secondary N) is 1. The molecule has 0 fully saturated rings. The molecule has 0 saturated carbocycles. The van der Waals surface area contributed by atoms with E-state index in [2.05, 4.69) is 5.32 Å². The van der Waals surface area contributed by atoms with Gasteiger partial charge in [-0.15, -0.1) is 0 Å². The third-order valence-corrected chi connectivity index (χ3v) is 2.48. The first-order valence-corrected chi connectivity index (χ1v) is 5.01. The van der Waals surface area contributed by atoms with Gasteiger partial charge in [-0.25, -0.2) is 0 Å². The van der Waals surface area contributed by atoms with Crippen LogP contribution in [0.2, 0.25) is 0 Å². The van der Waals surface area contributed by atoms with Crippen LogP contribution in [0, 0.1) is 0 Å². The van der Waals surface area contributed by atoms with Crippen molar-refractivity contribution in [2.75, 3.05) is 7.05 Å². The molecule has 0 aliphatic rings. The van der Waals surface area contributed by atoms with E-state index in [9.17, 15) is 9.59 Å². The Hall–Kier alpha value is -2.10. The summed E-state index contributed by atoms with van der Waals surface area (Å²) in [5.41, 5.74) is 0.752. The zero-order valence-electron chi connectivity index (χ0n) is 8.93. The quantitative estimate of drug-likeness (QED) is 0.805. The van der Waals surface area contributed by atoms with Crippen molar-refractivity contribution in [1.29, 1.82) is 0 Å². The summed E-state index contributed by atoms with van der Waals surface area (Å²) in [5.74, 6) is -0.0891. The van der Waals surface area contributed by atoms with Gasteiger partial charge >= 0.3 is 0 Å². The number of carbonyl (C=O) groups excluding carboxylic acids is 1. The SMILES string of the molecule is CNC(=O)Cn1ccc(=O)c2ccccc21. The largest absolute Gasteiger partial charge is 0.358 e. The highest BCUT2D eigenvalue weighted by Crippen LogP contribution is 2.08. The highest BCUT2D eigenvalue weighted by atomic mass is 16.1. The van der Waals surface area contributed by atoms with Crippen LogP contribution in [-0.4, -0.2) is 17.5 Å². The van der Waals surface area contributed by atoms with Crippen molar-refractivity contribution < 1.29 is 4.79 Å². The summed E-state index contributed by atoms with van der Waals surface area (Å²) in [6.07, 6.45) is 1.64. The fourth-order valence-corrected chi connectivity index (χ4v) is 1.63. The molecule has 0 radical (unpaired) electrons. The van der Waals surface area contributed by atoms with E-state index in [4.69, 9.17) is 0 Å². The highest BCUT2D eigenvalue weighted by Gasteiger charge is 2.04. The number of amides is 1. The molecule has 1 aromatic heterocycles. The van der Waals surface area contributed by atoms with Crippen LogP contribution >= 0.6 is 0 Å². The molecule has 1 aromatic carbocycles. The Kier molecular flexibility index (Phi) is 2.72. The Morgan fingerprint density at radius 3 is 2.81 bits per heavy atom. The third kappa shape index (κ3) is 1.82. The summed E-state index contributed by atoms with van der Waals surface area (Å²) in [7, 11) is 1.59. The van der Waals surface area contributed by atoms with Crippen LogP contribution in [0.15, 0.2) is 41.3 Å². The summed E-state index contributed by atoms with van der Waals surface area (Å²) < 4.78 is 1.76. The number of hydrogen-bond donors (Lipinski definition) is 1. The van der Waals surface area contributed by atoms with Crippen LogP contribution in [0.25, 0.3) is 10.9 Å². The van der Waals surface area contributed by atoms with Crippen LogP contribution in [0.5, 0.6) is 0 Å². The molecular formula is C12H12N2O2. The van der Waals surface area contributed by atoms with Gasteiger partial charge in [0.2, 0.25) is 5.91 Å². The fraction of sp³-hybridized carbons (Fsp3) is 0.167. The summed E-state index contributed by atoms with van der Waals surface area (Å²) >= 11 is 0. The van der Waals surface area contributed by atoms with Crippen molar-refractivity contribution in [3.63, 3.8) is 0 Å². The van der Waals surface area contributed by atoms with Gasteiger partial charge in [0.15, 0.2) is 5.43 Å². The maximum Gasteiger partial charge on any atom is 0.239 e. The van der Waals surface area contributed by atoms with Crippen molar-refractivity contribution >= 4 is 16.8 Å². The summed E-state index contributed by atoms with van der Waals surface area (Å²) in [6.45, 7) is 0.220. The first-order valence-electron chi connectivity index (χ1n) is 5.01. The van der Waals surface area contributed by atoms with Crippen LogP contribution in [-0.2, 0) is 11.3 Å². The molecule has 2 aromatic rings. The number of benzene rings is 1. The standard InChI is InChI=1S/C12H12N2O2/c1-13-12(16)8-14-7-6-11(15)9-4-2-3-5-10(9)14/h2-7H,8H2,1H3,(H,13,16). The van der Waals surface area contributed by atoms with Gasteiger partial charge in [0.25, 0.3) is 0 Å². The number of rotatable bonds is 2. The number of likely N-dealkylation sites (N-methyl/N-ethyl adjacent to an activating group) is 1. The van der Waals surface area contributed by atoms with E-state index >= 15 is 0 Å². The Labute approximate surface area is 92.5 Å². The topological polar surface area (TPSA) is 51.1 Å². The molecule has 4 nitrogen and oxygen atoms in total. The number of carbonyl (C=O) groups is 1. The van der Waals surface area contributed by atoms with Gasteiger partial charge in [-0.1, -0.05) is 12.1 Å². The van der Waals surface area contributed by atoms with Crippen molar-refractivity contribution in [3.05, 3.63) is 46.8 Å². The van der Waals surface area contributed by atoms with Gasteiger partial charge in [0.1, 0.15) is 6.54 Å². The molecule has 82 valence electrons. The lowest BCUT2D eigenvalue weighted by atomic mass is 10.2. The molecule has 1 heterocycles. The van der Waals surface area contributed by atoms with Gasteiger partial charge in [-0.3, -0.25) is 9.59 Å². The Morgan fingerprint density at radius 1 is 1.31 bits per heavy atom. The number of pyridine rings is 1. The Morgan fingerprint density at radius 2 is 2.06 bits per heavy atom. The molecular weight excluding hydrogens is 204 g/mol. The van der Waals surface area contributed by atoms with Crippen molar-refractivity contribution in [2.45, 2.75) is 6.54 Å². The predicted molar refractivity (Wildman–Crippen MR) is 62.3 cm³/mol. The van der Waals surface area contributed by atoms with Gasteiger partial charge < -0.3 is 9.88 Å². The number of nitrogens with zero attached hydrogens (tertiary/aromatic N) is 1. The molecule has 0 atom stereocenters. The normalized spacial score (nSPS) is 10.3. The second-order valence-electron chi connectivity index (χ2n) is 3.50. The summed E-state index contributed by atoms with van der Waals surface area (Å²) in [5, 5.41) is 3.19. The van der Waals surface area contributed by atoms with E-state index in [-0.39, 0.29) is 17.9 Å². The Bertz CT molecular complexity index is 587. The molecule has 4 heteroatoms. The first-order chi connectivity index (χ1) is 7.72. The average Bonchev–Trinajstić information content (AvgIpc) is 2.33. The molecule has 2 rings (SSSR count). The van der Waals surface area contributed by atoms with Gasteiger partial charge in [0, 0.05) is 24.7 Å². The summed E-state index contributed by atoms with van der Waals surface area (Å²) in [4.78, 5) is 22.9. The lowest BCUT2D eigenvalue weighted by Gasteiger charge is -2.09. The lowest BCUT2D eigenvalue weighted by molar-refractivity contribution is -0.121. The molecule has 0 saturated heterocycles. The number of para-hydroxylation sites is 1. The van der Waals surface area contributed by atoms with Crippen LogP contribution in [0.3, 0.4) is 0 Å². The minimum atomic E-state index is -0.0891. The van der Waals surface area contributed by atoms with E-state index in [0.717, 1.165) is 5.52 Å². The zero-order chi connectivity index (χ0) is 11.5. The molecule has 0 aliphatic heterocycles. The molecule has 0 bridgehead atoms. The summed E-state index contributed by atoms with van der Waals surface area (Å²) in [6, 6.07) is 8.74. The zero-order valence-corrected chi connectivity index (χ0v) is 8.93. The van der Waals surface area contributed by atoms with Gasteiger partial charge in [-0.05, 0) is 12.1 Å². The molecule has 1 N–H and O–H groups in total. The van der Waals surface area contributed by atoms with Crippen LogP contribution < -0.4 is 10.7 Å². The smallest absolute Gasteiger partial charge is 0.239 e. The number of aromatic nitrogens is 1. The molecule has 16 heavy (non-hydrogen) atoms. The number of fused-ring (bicyclic) bond motifs is 1. The van der Waals surface area contributed by atoms with E-state index in [1.807, 2.05) is 18.2 Å².